The molecule has 3 aromatic rings. The van der Waals surface area contributed by atoms with Crippen LogP contribution in [0.4, 0.5) is 0 Å². The van der Waals surface area contributed by atoms with Gasteiger partial charge in [0.1, 0.15) is 5.82 Å². The monoisotopic (exact) mass is 278 g/mol. The highest BCUT2D eigenvalue weighted by atomic mass is 16.2. The molecule has 3 rings (SSSR count). The molecule has 5 heteroatoms. The van der Waals surface area contributed by atoms with Crippen molar-refractivity contribution in [2.45, 2.75) is 6.92 Å². The fourth-order valence-electron chi connectivity index (χ4n) is 2.03. The van der Waals surface area contributed by atoms with Crippen molar-refractivity contribution in [1.29, 1.82) is 0 Å². The smallest absolute Gasteiger partial charge is 0.267 e. The number of rotatable bonds is 3. The summed E-state index contributed by atoms with van der Waals surface area (Å²) in [7, 11) is 0. The second-order valence-electron chi connectivity index (χ2n) is 4.58. The number of nitrogens with one attached hydrogen (secondary N) is 1. The lowest BCUT2D eigenvalue weighted by molar-refractivity contribution is 0.101. The van der Waals surface area contributed by atoms with E-state index in [1.807, 2.05) is 48.5 Å². The zero-order chi connectivity index (χ0) is 14.7. The highest BCUT2D eigenvalue weighted by Crippen LogP contribution is 2.16. The molecule has 0 radical (unpaired) electrons. The molecule has 0 atom stereocenters. The minimum Gasteiger partial charge on any atom is -0.267 e. The Balaban J connectivity index is 1.93. The fourth-order valence-corrected chi connectivity index (χ4v) is 2.03. The lowest BCUT2D eigenvalue weighted by atomic mass is 10.2. The van der Waals surface area contributed by atoms with Crippen LogP contribution in [0.3, 0.4) is 0 Å². The summed E-state index contributed by atoms with van der Waals surface area (Å²) >= 11 is 0. The van der Waals surface area contributed by atoms with Gasteiger partial charge in [0.2, 0.25) is 0 Å². The van der Waals surface area contributed by atoms with E-state index < -0.39 is 0 Å². The number of nitrogens with zero attached hydrogens (tertiary/aromatic N) is 3. The van der Waals surface area contributed by atoms with Crippen molar-refractivity contribution in [3.05, 3.63) is 72.1 Å². The zero-order valence-electron chi connectivity index (χ0n) is 11.5. The van der Waals surface area contributed by atoms with E-state index in [2.05, 4.69) is 15.6 Å². The van der Waals surface area contributed by atoms with Crippen molar-refractivity contribution in [2.24, 2.45) is 0 Å². The molecular formula is C16H14N4O. The van der Waals surface area contributed by atoms with Gasteiger partial charge in [-0.2, -0.15) is 0 Å². The summed E-state index contributed by atoms with van der Waals surface area (Å²) in [5, 5.41) is 8.17. The lowest BCUT2D eigenvalue weighted by Gasteiger charge is -2.10. The van der Waals surface area contributed by atoms with Gasteiger partial charge in [0.15, 0.2) is 5.82 Å². The maximum atomic E-state index is 12.3. The standard InChI is InChI=1S/C16H14N4O/c1-12-17-18-15(13-8-4-2-5-9-13)20(12)19-16(21)14-10-6-3-7-11-14/h2-11H,1H3,(H,19,21). The predicted octanol–water partition coefficient (Wildman–Crippen LogP) is 2.64. The first-order valence-electron chi connectivity index (χ1n) is 6.59. The molecular weight excluding hydrogens is 264 g/mol. The van der Waals surface area contributed by atoms with E-state index in [1.54, 1.807) is 23.7 Å². The third-order valence-electron chi connectivity index (χ3n) is 3.11. The van der Waals surface area contributed by atoms with E-state index in [0.717, 1.165) is 5.56 Å². The molecule has 0 aliphatic heterocycles. The van der Waals surface area contributed by atoms with Gasteiger partial charge in [0.25, 0.3) is 5.91 Å². The Morgan fingerprint density at radius 1 is 0.952 bits per heavy atom. The van der Waals surface area contributed by atoms with Crippen molar-refractivity contribution in [2.75, 3.05) is 5.43 Å². The molecule has 0 aliphatic rings. The van der Waals surface area contributed by atoms with Crippen LogP contribution in [0.5, 0.6) is 0 Å². The first-order valence-corrected chi connectivity index (χ1v) is 6.59. The third kappa shape index (κ3) is 2.67. The van der Waals surface area contributed by atoms with Gasteiger partial charge in [0.05, 0.1) is 0 Å². The van der Waals surface area contributed by atoms with Crippen LogP contribution < -0.4 is 5.43 Å². The second-order valence-corrected chi connectivity index (χ2v) is 4.58. The molecule has 1 N–H and O–H groups in total. The highest BCUT2D eigenvalue weighted by Gasteiger charge is 2.14. The van der Waals surface area contributed by atoms with Crippen molar-refractivity contribution >= 4 is 5.91 Å². The molecule has 1 amide bonds. The lowest BCUT2D eigenvalue weighted by Crippen LogP contribution is -2.24. The second kappa shape index (κ2) is 5.58. The Bertz CT molecular complexity index is 750. The Morgan fingerprint density at radius 2 is 1.57 bits per heavy atom. The first kappa shape index (κ1) is 13.1. The number of aromatic nitrogens is 3. The van der Waals surface area contributed by atoms with Gasteiger partial charge in [-0.1, -0.05) is 48.5 Å². The summed E-state index contributed by atoms with van der Waals surface area (Å²) in [6.45, 7) is 1.80. The summed E-state index contributed by atoms with van der Waals surface area (Å²) in [5.74, 6) is 1.03. The van der Waals surface area contributed by atoms with Crippen molar-refractivity contribution in [3.63, 3.8) is 0 Å². The average molecular weight is 278 g/mol. The zero-order valence-corrected chi connectivity index (χ0v) is 11.5. The molecule has 0 saturated heterocycles. The molecule has 0 saturated carbocycles. The Morgan fingerprint density at radius 3 is 2.24 bits per heavy atom. The Kier molecular flexibility index (Phi) is 3.47. The van der Waals surface area contributed by atoms with Crippen LogP contribution in [0.25, 0.3) is 11.4 Å². The minimum absolute atomic E-state index is 0.198. The average Bonchev–Trinajstić information content (AvgIpc) is 2.90. The molecule has 2 aromatic carbocycles. The van der Waals surface area contributed by atoms with E-state index in [1.165, 1.54) is 0 Å². The predicted molar refractivity (Wildman–Crippen MR) is 80.3 cm³/mol. The van der Waals surface area contributed by atoms with Crippen LogP contribution in [0.1, 0.15) is 16.2 Å². The molecule has 0 fully saturated rings. The maximum absolute atomic E-state index is 12.3. The van der Waals surface area contributed by atoms with E-state index in [4.69, 9.17) is 0 Å². The number of benzene rings is 2. The first-order chi connectivity index (χ1) is 10.3. The number of aryl methyl sites for hydroxylation is 1. The molecule has 5 nitrogen and oxygen atoms in total. The van der Waals surface area contributed by atoms with Crippen LogP contribution >= 0.6 is 0 Å². The number of carbonyl (C=O) groups is 1. The van der Waals surface area contributed by atoms with Gasteiger partial charge in [-0.05, 0) is 19.1 Å². The summed E-state index contributed by atoms with van der Waals surface area (Å²) in [4.78, 5) is 12.3. The van der Waals surface area contributed by atoms with E-state index >= 15 is 0 Å². The summed E-state index contributed by atoms with van der Waals surface area (Å²) < 4.78 is 1.60. The summed E-state index contributed by atoms with van der Waals surface area (Å²) in [5.41, 5.74) is 4.31. The van der Waals surface area contributed by atoms with Crippen LogP contribution in [-0.4, -0.2) is 20.8 Å². The maximum Gasteiger partial charge on any atom is 0.270 e. The van der Waals surface area contributed by atoms with E-state index in [0.29, 0.717) is 17.2 Å². The van der Waals surface area contributed by atoms with Crippen molar-refractivity contribution in [3.8, 4) is 11.4 Å². The topological polar surface area (TPSA) is 59.8 Å². The van der Waals surface area contributed by atoms with Crippen molar-refractivity contribution < 1.29 is 4.79 Å². The van der Waals surface area contributed by atoms with Crippen molar-refractivity contribution in [1.82, 2.24) is 14.9 Å². The molecule has 1 aromatic heterocycles. The largest absolute Gasteiger partial charge is 0.270 e. The number of hydrogen-bond donors (Lipinski definition) is 1. The van der Waals surface area contributed by atoms with Gasteiger partial charge in [-0.25, -0.2) is 4.68 Å². The van der Waals surface area contributed by atoms with Crippen LogP contribution in [0, 0.1) is 6.92 Å². The molecule has 0 unspecified atom stereocenters. The quantitative estimate of drug-likeness (QED) is 0.801. The highest BCUT2D eigenvalue weighted by molar-refractivity contribution is 6.00. The molecule has 104 valence electrons. The Hall–Kier alpha value is -2.95. The minimum atomic E-state index is -0.198. The van der Waals surface area contributed by atoms with Gasteiger partial charge in [-0.3, -0.25) is 10.2 Å². The molecule has 0 bridgehead atoms. The molecule has 1 heterocycles. The van der Waals surface area contributed by atoms with Crippen LogP contribution in [-0.2, 0) is 0 Å². The van der Waals surface area contributed by atoms with Gasteiger partial charge < -0.3 is 0 Å². The number of hydrogen-bond acceptors (Lipinski definition) is 3. The third-order valence-corrected chi connectivity index (χ3v) is 3.11. The molecule has 0 spiro atoms. The van der Waals surface area contributed by atoms with Gasteiger partial charge in [0, 0.05) is 11.1 Å². The number of amides is 1. The SMILES string of the molecule is Cc1nnc(-c2ccccc2)n1NC(=O)c1ccccc1. The summed E-state index contributed by atoms with van der Waals surface area (Å²) in [6.07, 6.45) is 0. The summed E-state index contributed by atoms with van der Waals surface area (Å²) in [6, 6.07) is 18.7. The normalized spacial score (nSPS) is 10.3. The fraction of sp³-hybridized carbons (Fsp3) is 0.0625. The van der Waals surface area contributed by atoms with Gasteiger partial charge in [-0.15, -0.1) is 10.2 Å². The number of carbonyl (C=O) groups excluding carboxylic acids is 1. The van der Waals surface area contributed by atoms with E-state index in [-0.39, 0.29) is 5.91 Å². The van der Waals surface area contributed by atoms with Crippen LogP contribution in [0.2, 0.25) is 0 Å². The van der Waals surface area contributed by atoms with E-state index in [9.17, 15) is 4.79 Å². The van der Waals surface area contributed by atoms with Crippen LogP contribution in [0.15, 0.2) is 60.7 Å². The molecule has 0 aliphatic carbocycles. The molecule has 21 heavy (non-hydrogen) atoms. The van der Waals surface area contributed by atoms with Gasteiger partial charge >= 0.3 is 0 Å². The Labute approximate surface area is 122 Å².